The molecule has 0 saturated heterocycles. The quantitative estimate of drug-likeness (QED) is 0.761. The molecule has 19 heavy (non-hydrogen) atoms. The molecule has 0 bridgehead atoms. The summed E-state index contributed by atoms with van der Waals surface area (Å²) in [5, 5.41) is 0.665. The molecule has 0 aliphatic carbocycles. The van der Waals surface area contributed by atoms with Crippen LogP contribution in [0, 0.1) is 0 Å². The number of rotatable bonds is 2. The summed E-state index contributed by atoms with van der Waals surface area (Å²) in [6, 6.07) is 6.61. The minimum Gasteiger partial charge on any atom is -0.454 e. The summed E-state index contributed by atoms with van der Waals surface area (Å²) in [5.41, 5.74) is 0. The molecule has 0 saturated carbocycles. The third-order valence-electron chi connectivity index (χ3n) is 2.41. The van der Waals surface area contributed by atoms with Crippen molar-refractivity contribution >= 4 is 34.8 Å². The topological polar surface area (TPSA) is 40.6 Å². The highest BCUT2D eigenvalue weighted by molar-refractivity contribution is 6.42. The molecule has 0 amide bonds. The van der Waals surface area contributed by atoms with Crippen LogP contribution in [0.15, 0.2) is 24.3 Å². The van der Waals surface area contributed by atoms with Crippen molar-refractivity contribution in [1.29, 1.82) is 0 Å². The maximum Gasteiger partial charge on any atom is 0.239 e. The number of benzene rings is 1. The van der Waals surface area contributed by atoms with Gasteiger partial charge in [0.25, 0.3) is 0 Å². The number of halogens is 3. The summed E-state index contributed by atoms with van der Waals surface area (Å²) in [5.74, 6) is 1.96. The van der Waals surface area contributed by atoms with E-state index in [0.29, 0.717) is 17.2 Å². The Balaban J connectivity index is 1.91. The van der Waals surface area contributed by atoms with Crippen LogP contribution in [-0.2, 0) is 0 Å². The van der Waals surface area contributed by atoms with Crippen LogP contribution in [0.3, 0.4) is 0 Å². The maximum absolute atomic E-state index is 5.98. The van der Waals surface area contributed by atoms with Gasteiger partial charge in [-0.25, -0.2) is 0 Å². The van der Waals surface area contributed by atoms with E-state index in [1.165, 1.54) is 6.07 Å². The van der Waals surface area contributed by atoms with Crippen molar-refractivity contribution in [3.05, 3.63) is 39.5 Å². The largest absolute Gasteiger partial charge is 0.454 e. The fourth-order valence-electron chi connectivity index (χ4n) is 1.55. The van der Waals surface area contributed by atoms with E-state index in [4.69, 9.17) is 49.0 Å². The fraction of sp³-hybridized carbons (Fsp3) is 0.0833. The second-order valence-corrected chi connectivity index (χ2v) is 4.84. The zero-order valence-electron chi connectivity index (χ0n) is 9.32. The normalized spacial score (nSPS) is 12.6. The van der Waals surface area contributed by atoms with Crippen LogP contribution < -0.4 is 14.2 Å². The standard InChI is InChI=1S/C12H6Cl3NO3/c13-7-4-8(14)12(16-11(7)15)19-6-1-2-9-10(3-6)18-5-17-9/h1-4H,5H2. The summed E-state index contributed by atoms with van der Waals surface area (Å²) in [6.45, 7) is 0.199. The summed E-state index contributed by atoms with van der Waals surface area (Å²) in [6.07, 6.45) is 0. The fourth-order valence-corrected chi connectivity index (χ4v) is 2.08. The van der Waals surface area contributed by atoms with Gasteiger partial charge >= 0.3 is 0 Å². The Morgan fingerprint density at radius 1 is 1.00 bits per heavy atom. The van der Waals surface area contributed by atoms with Gasteiger partial charge in [0, 0.05) is 6.07 Å². The Labute approximate surface area is 123 Å². The molecule has 7 heteroatoms. The Morgan fingerprint density at radius 2 is 1.79 bits per heavy atom. The van der Waals surface area contributed by atoms with Crippen molar-refractivity contribution in [3.8, 4) is 23.1 Å². The lowest BCUT2D eigenvalue weighted by molar-refractivity contribution is 0.174. The van der Waals surface area contributed by atoms with Crippen molar-refractivity contribution < 1.29 is 14.2 Å². The second kappa shape index (κ2) is 4.96. The average molecular weight is 319 g/mol. The molecule has 1 aliphatic rings. The van der Waals surface area contributed by atoms with Crippen molar-refractivity contribution in [2.45, 2.75) is 0 Å². The summed E-state index contributed by atoms with van der Waals surface area (Å²) < 4.78 is 16.0. The molecule has 98 valence electrons. The predicted octanol–water partition coefficient (Wildman–Crippen LogP) is 4.56. The summed E-state index contributed by atoms with van der Waals surface area (Å²) in [7, 11) is 0. The van der Waals surface area contributed by atoms with E-state index in [-0.39, 0.29) is 27.9 Å². The zero-order valence-corrected chi connectivity index (χ0v) is 11.6. The Hall–Kier alpha value is -1.36. The van der Waals surface area contributed by atoms with Gasteiger partial charge in [0.15, 0.2) is 16.7 Å². The second-order valence-electron chi connectivity index (χ2n) is 3.67. The van der Waals surface area contributed by atoms with Crippen LogP contribution in [0.4, 0.5) is 0 Å². The molecule has 1 aliphatic heterocycles. The lowest BCUT2D eigenvalue weighted by Gasteiger charge is -2.08. The monoisotopic (exact) mass is 317 g/mol. The number of pyridine rings is 1. The minimum atomic E-state index is 0.127. The first-order chi connectivity index (χ1) is 9.13. The molecule has 0 N–H and O–H groups in total. The van der Waals surface area contributed by atoms with Crippen LogP contribution in [0.2, 0.25) is 15.2 Å². The van der Waals surface area contributed by atoms with Crippen molar-refractivity contribution in [3.63, 3.8) is 0 Å². The SMILES string of the molecule is Clc1cc(Cl)c(Oc2ccc3c(c2)OCO3)nc1Cl. The molecule has 0 unspecified atom stereocenters. The first kappa shape index (κ1) is 12.7. The Morgan fingerprint density at radius 3 is 2.63 bits per heavy atom. The van der Waals surface area contributed by atoms with Gasteiger partial charge in [-0.05, 0) is 18.2 Å². The van der Waals surface area contributed by atoms with E-state index in [2.05, 4.69) is 4.98 Å². The highest BCUT2D eigenvalue weighted by Gasteiger charge is 2.15. The van der Waals surface area contributed by atoms with Gasteiger partial charge in [0.05, 0.1) is 5.02 Å². The third kappa shape index (κ3) is 2.52. The van der Waals surface area contributed by atoms with Crippen LogP contribution >= 0.6 is 34.8 Å². The van der Waals surface area contributed by atoms with E-state index in [1.54, 1.807) is 18.2 Å². The first-order valence-electron chi connectivity index (χ1n) is 5.22. The van der Waals surface area contributed by atoms with Gasteiger partial charge in [-0.15, -0.1) is 0 Å². The number of aromatic nitrogens is 1. The lowest BCUT2D eigenvalue weighted by Crippen LogP contribution is -1.93. The number of ether oxygens (including phenoxy) is 3. The highest BCUT2D eigenvalue weighted by Crippen LogP contribution is 2.38. The molecule has 1 aromatic carbocycles. The van der Waals surface area contributed by atoms with Gasteiger partial charge in [0.1, 0.15) is 10.8 Å². The summed E-state index contributed by atoms with van der Waals surface area (Å²) >= 11 is 17.6. The van der Waals surface area contributed by atoms with E-state index in [0.717, 1.165) is 0 Å². The third-order valence-corrected chi connectivity index (χ3v) is 3.36. The molecule has 3 rings (SSSR count). The van der Waals surface area contributed by atoms with Gasteiger partial charge < -0.3 is 14.2 Å². The van der Waals surface area contributed by atoms with Crippen LogP contribution in [-0.4, -0.2) is 11.8 Å². The van der Waals surface area contributed by atoms with Crippen molar-refractivity contribution in [2.75, 3.05) is 6.79 Å². The van der Waals surface area contributed by atoms with E-state index >= 15 is 0 Å². The van der Waals surface area contributed by atoms with Crippen molar-refractivity contribution in [2.24, 2.45) is 0 Å². The first-order valence-corrected chi connectivity index (χ1v) is 6.36. The Bertz CT molecular complexity index is 648. The molecular weight excluding hydrogens is 312 g/mol. The van der Waals surface area contributed by atoms with Gasteiger partial charge in [0.2, 0.25) is 12.7 Å². The maximum atomic E-state index is 5.98. The molecule has 4 nitrogen and oxygen atoms in total. The van der Waals surface area contributed by atoms with Gasteiger partial charge in [-0.2, -0.15) is 4.98 Å². The molecular formula is C12H6Cl3NO3. The van der Waals surface area contributed by atoms with Crippen LogP contribution in [0.5, 0.6) is 23.1 Å². The van der Waals surface area contributed by atoms with E-state index in [9.17, 15) is 0 Å². The molecule has 0 fully saturated rings. The highest BCUT2D eigenvalue weighted by atomic mass is 35.5. The summed E-state index contributed by atoms with van der Waals surface area (Å²) in [4.78, 5) is 3.97. The molecule has 0 atom stereocenters. The molecule has 1 aromatic heterocycles. The van der Waals surface area contributed by atoms with Crippen LogP contribution in [0.25, 0.3) is 0 Å². The smallest absolute Gasteiger partial charge is 0.239 e. The number of hydrogen-bond donors (Lipinski definition) is 0. The zero-order chi connectivity index (χ0) is 13.4. The lowest BCUT2D eigenvalue weighted by atomic mass is 10.3. The van der Waals surface area contributed by atoms with E-state index in [1.807, 2.05) is 0 Å². The predicted molar refractivity (Wildman–Crippen MR) is 71.9 cm³/mol. The van der Waals surface area contributed by atoms with Gasteiger partial charge in [-0.3, -0.25) is 0 Å². The molecule has 0 spiro atoms. The van der Waals surface area contributed by atoms with E-state index < -0.39 is 0 Å². The number of hydrogen-bond acceptors (Lipinski definition) is 4. The molecule has 2 aromatic rings. The average Bonchev–Trinajstić information content (AvgIpc) is 2.83. The molecule has 0 radical (unpaired) electrons. The molecule has 2 heterocycles. The number of nitrogens with zero attached hydrogens (tertiary/aromatic N) is 1. The Kier molecular flexibility index (Phi) is 3.31. The number of fused-ring (bicyclic) bond motifs is 1. The minimum absolute atomic E-state index is 0.127. The van der Waals surface area contributed by atoms with Crippen molar-refractivity contribution in [1.82, 2.24) is 4.98 Å². The van der Waals surface area contributed by atoms with Crippen LogP contribution in [0.1, 0.15) is 0 Å². The van der Waals surface area contributed by atoms with Gasteiger partial charge in [-0.1, -0.05) is 34.8 Å².